The molecule has 0 bridgehead atoms. The van der Waals surface area contributed by atoms with Crippen LogP contribution in [0.3, 0.4) is 0 Å². The van der Waals surface area contributed by atoms with Crippen LogP contribution in [0.4, 0.5) is 0 Å². The summed E-state index contributed by atoms with van der Waals surface area (Å²) in [6, 6.07) is 0. The van der Waals surface area contributed by atoms with Crippen molar-refractivity contribution in [2.45, 2.75) is 39.1 Å². The highest BCUT2D eigenvalue weighted by molar-refractivity contribution is 7.89. The van der Waals surface area contributed by atoms with E-state index < -0.39 is 10.0 Å². The minimum atomic E-state index is -3.45. The van der Waals surface area contributed by atoms with E-state index in [1.54, 1.807) is 17.9 Å². The predicted molar refractivity (Wildman–Crippen MR) is 80.0 cm³/mol. The number of likely N-dealkylation sites (N-methyl/N-ethyl adjacent to an activating group) is 1. The van der Waals surface area contributed by atoms with Crippen molar-refractivity contribution >= 4 is 10.0 Å². The molecule has 0 spiro atoms. The van der Waals surface area contributed by atoms with E-state index in [0.29, 0.717) is 13.1 Å². The number of sulfonamides is 1. The number of hydrogen-bond acceptors (Lipinski definition) is 4. The summed E-state index contributed by atoms with van der Waals surface area (Å²) >= 11 is 0. The summed E-state index contributed by atoms with van der Waals surface area (Å²) in [6.07, 6.45) is 3.01. The molecule has 116 valence electrons. The molecule has 1 heterocycles. The maximum Gasteiger partial charge on any atom is 0.245 e. The Balaban J connectivity index is 2.77. The van der Waals surface area contributed by atoms with Crippen LogP contribution in [-0.2, 0) is 16.6 Å². The Morgan fingerprint density at radius 1 is 1.40 bits per heavy atom. The molecule has 0 atom stereocenters. The van der Waals surface area contributed by atoms with Crippen molar-refractivity contribution in [1.29, 1.82) is 0 Å². The molecule has 0 unspecified atom stereocenters. The molecule has 1 aromatic rings. The molecule has 0 aliphatic rings. The fourth-order valence-corrected chi connectivity index (χ4v) is 3.26. The molecule has 0 fully saturated rings. The average Bonchev–Trinajstić information content (AvgIpc) is 2.76. The molecule has 0 saturated heterocycles. The number of hydrogen-bond donors (Lipinski definition) is 1. The van der Waals surface area contributed by atoms with Crippen molar-refractivity contribution in [1.82, 2.24) is 19.4 Å². The zero-order valence-corrected chi connectivity index (χ0v) is 13.9. The zero-order chi connectivity index (χ0) is 15.4. The summed E-state index contributed by atoms with van der Waals surface area (Å²) in [5, 5.41) is 7.28. The second kappa shape index (κ2) is 6.69. The van der Waals surface area contributed by atoms with Crippen LogP contribution in [0.2, 0.25) is 0 Å². The van der Waals surface area contributed by atoms with Crippen LogP contribution < -0.4 is 5.32 Å². The van der Waals surface area contributed by atoms with Gasteiger partial charge in [0.05, 0.1) is 12.7 Å². The van der Waals surface area contributed by atoms with E-state index in [0.717, 1.165) is 13.1 Å². The van der Waals surface area contributed by atoms with Crippen LogP contribution in [0.1, 0.15) is 27.7 Å². The lowest BCUT2D eigenvalue weighted by molar-refractivity contribution is 0.311. The third-order valence-corrected chi connectivity index (χ3v) is 4.54. The number of rotatable bonds is 7. The quantitative estimate of drug-likeness (QED) is 0.768. The number of nitrogens with zero attached hydrogens (tertiary/aromatic N) is 3. The third kappa shape index (κ3) is 4.88. The molecule has 0 aromatic carbocycles. The second-order valence-electron chi connectivity index (χ2n) is 6.11. The molecular weight excluding hydrogens is 276 g/mol. The minimum absolute atomic E-state index is 0.0805. The first kappa shape index (κ1) is 17.1. The zero-order valence-electron chi connectivity index (χ0n) is 13.0. The average molecular weight is 302 g/mol. The molecule has 1 N–H and O–H groups in total. The van der Waals surface area contributed by atoms with Crippen molar-refractivity contribution in [3.05, 3.63) is 12.4 Å². The molecule has 0 amide bonds. The maximum atomic E-state index is 12.4. The van der Waals surface area contributed by atoms with Crippen LogP contribution in [-0.4, -0.2) is 49.2 Å². The Morgan fingerprint density at radius 3 is 2.60 bits per heavy atom. The van der Waals surface area contributed by atoms with Crippen molar-refractivity contribution in [3.8, 4) is 0 Å². The lowest BCUT2D eigenvalue weighted by atomic mass is 9.97. The van der Waals surface area contributed by atoms with E-state index >= 15 is 0 Å². The molecule has 1 rings (SSSR count). The van der Waals surface area contributed by atoms with Crippen LogP contribution in [0.5, 0.6) is 0 Å². The third-order valence-electron chi connectivity index (χ3n) is 2.78. The number of aromatic nitrogens is 2. The Labute approximate surface area is 122 Å². The first-order valence-corrected chi connectivity index (χ1v) is 8.30. The lowest BCUT2D eigenvalue weighted by Gasteiger charge is -2.25. The van der Waals surface area contributed by atoms with E-state index in [9.17, 15) is 8.42 Å². The van der Waals surface area contributed by atoms with E-state index in [1.165, 1.54) is 10.5 Å². The molecule has 0 radical (unpaired) electrons. The molecule has 0 saturated carbocycles. The van der Waals surface area contributed by atoms with Crippen molar-refractivity contribution < 1.29 is 8.42 Å². The Bertz CT molecular complexity index is 517. The SMILES string of the molecule is CCNCCn1cc(S(=O)(=O)N(C)CC(C)(C)C)cn1. The van der Waals surface area contributed by atoms with Gasteiger partial charge in [-0.25, -0.2) is 12.7 Å². The maximum absolute atomic E-state index is 12.4. The standard InChI is InChI=1S/C13H26N4O2S/c1-6-14-7-8-17-10-12(9-15-17)20(18,19)16(5)11-13(2,3)4/h9-10,14H,6-8,11H2,1-5H3. The van der Waals surface area contributed by atoms with Gasteiger partial charge in [0.1, 0.15) is 4.90 Å². The Hall–Kier alpha value is -0.920. The molecule has 7 heteroatoms. The predicted octanol–water partition coefficient (Wildman–Crippen LogP) is 1.16. The van der Waals surface area contributed by atoms with Crippen molar-refractivity contribution in [2.75, 3.05) is 26.7 Å². The Kier molecular flexibility index (Phi) is 5.73. The van der Waals surface area contributed by atoms with E-state index in [2.05, 4.69) is 10.4 Å². The van der Waals surface area contributed by atoms with Crippen molar-refractivity contribution in [2.24, 2.45) is 5.41 Å². The largest absolute Gasteiger partial charge is 0.315 e. The van der Waals surface area contributed by atoms with Gasteiger partial charge in [-0.3, -0.25) is 4.68 Å². The lowest BCUT2D eigenvalue weighted by Crippen LogP contribution is -2.34. The summed E-state index contributed by atoms with van der Waals surface area (Å²) in [6.45, 7) is 10.9. The van der Waals surface area contributed by atoms with Gasteiger partial charge < -0.3 is 5.32 Å². The molecule has 1 aromatic heterocycles. The van der Waals surface area contributed by atoms with Gasteiger partial charge in [0.25, 0.3) is 0 Å². The van der Waals surface area contributed by atoms with Gasteiger partial charge in [0, 0.05) is 26.3 Å². The summed E-state index contributed by atoms with van der Waals surface area (Å²) in [4.78, 5) is 0.251. The van der Waals surface area contributed by atoms with Gasteiger partial charge >= 0.3 is 0 Å². The molecule has 6 nitrogen and oxygen atoms in total. The highest BCUT2D eigenvalue weighted by atomic mass is 32.2. The molecule has 0 aliphatic carbocycles. The van der Waals surface area contributed by atoms with Crippen LogP contribution in [0, 0.1) is 5.41 Å². The van der Waals surface area contributed by atoms with Gasteiger partial charge in [0.2, 0.25) is 10.0 Å². The van der Waals surface area contributed by atoms with Gasteiger partial charge in [-0.1, -0.05) is 27.7 Å². The fraction of sp³-hybridized carbons (Fsp3) is 0.769. The summed E-state index contributed by atoms with van der Waals surface area (Å²) in [7, 11) is -1.84. The first-order chi connectivity index (χ1) is 9.16. The van der Waals surface area contributed by atoms with Crippen LogP contribution in [0.15, 0.2) is 17.3 Å². The van der Waals surface area contributed by atoms with Gasteiger partial charge in [-0.15, -0.1) is 0 Å². The second-order valence-corrected chi connectivity index (χ2v) is 8.16. The highest BCUT2D eigenvalue weighted by Crippen LogP contribution is 2.20. The Morgan fingerprint density at radius 2 is 2.05 bits per heavy atom. The minimum Gasteiger partial charge on any atom is -0.315 e. The van der Waals surface area contributed by atoms with E-state index in [-0.39, 0.29) is 10.3 Å². The van der Waals surface area contributed by atoms with E-state index in [4.69, 9.17) is 0 Å². The van der Waals surface area contributed by atoms with Gasteiger partial charge in [0.15, 0.2) is 0 Å². The topological polar surface area (TPSA) is 67.2 Å². The summed E-state index contributed by atoms with van der Waals surface area (Å²) < 4.78 is 27.9. The number of nitrogens with one attached hydrogen (secondary N) is 1. The molecular formula is C13H26N4O2S. The summed E-state index contributed by atoms with van der Waals surface area (Å²) in [5.41, 5.74) is -0.0805. The normalized spacial score (nSPS) is 13.1. The van der Waals surface area contributed by atoms with Crippen molar-refractivity contribution in [3.63, 3.8) is 0 Å². The van der Waals surface area contributed by atoms with Gasteiger partial charge in [-0.05, 0) is 12.0 Å². The smallest absolute Gasteiger partial charge is 0.245 e. The first-order valence-electron chi connectivity index (χ1n) is 6.86. The van der Waals surface area contributed by atoms with Gasteiger partial charge in [-0.2, -0.15) is 5.10 Å². The molecule has 20 heavy (non-hydrogen) atoms. The van der Waals surface area contributed by atoms with Crippen LogP contribution in [0.25, 0.3) is 0 Å². The molecule has 0 aliphatic heterocycles. The monoisotopic (exact) mass is 302 g/mol. The fourth-order valence-electron chi connectivity index (χ4n) is 1.90. The summed E-state index contributed by atoms with van der Waals surface area (Å²) in [5.74, 6) is 0. The van der Waals surface area contributed by atoms with Crippen LogP contribution >= 0.6 is 0 Å². The highest BCUT2D eigenvalue weighted by Gasteiger charge is 2.26. The van der Waals surface area contributed by atoms with E-state index in [1.807, 2.05) is 27.7 Å².